The van der Waals surface area contributed by atoms with Gasteiger partial charge in [-0.15, -0.1) is 0 Å². The van der Waals surface area contributed by atoms with Crippen LogP contribution in [-0.4, -0.2) is 42.6 Å². The van der Waals surface area contributed by atoms with E-state index >= 15 is 0 Å². The molecule has 0 aromatic rings. The van der Waals surface area contributed by atoms with Gasteiger partial charge in [-0.2, -0.15) is 0 Å². The highest BCUT2D eigenvalue weighted by molar-refractivity contribution is 5.75. The van der Waals surface area contributed by atoms with Gasteiger partial charge in [-0.3, -0.25) is 9.69 Å². The normalized spacial score (nSPS) is 28.8. The molecule has 2 N–H and O–H groups in total. The molecule has 4 heteroatoms. The van der Waals surface area contributed by atoms with E-state index in [9.17, 15) is 4.79 Å². The summed E-state index contributed by atoms with van der Waals surface area (Å²) in [7, 11) is 0. The Balaban J connectivity index is 2.57. The number of rotatable bonds is 4. The van der Waals surface area contributed by atoms with Gasteiger partial charge in [0.15, 0.2) is 0 Å². The average molecular weight is 228 g/mol. The highest BCUT2D eigenvalue weighted by Crippen LogP contribution is 2.23. The molecule has 94 valence electrons. The second-order valence-corrected chi connectivity index (χ2v) is 4.65. The van der Waals surface area contributed by atoms with Crippen molar-refractivity contribution in [2.45, 2.75) is 45.7 Å². The van der Waals surface area contributed by atoms with Crippen LogP contribution in [0.4, 0.5) is 0 Å². The molecular formula is C12H24N2O2. The van der Waals surface area contributed by atoms with Crippen molar-refractivity contribution in [1.29, 1.82) is 0 Å². The Morgan fingerprint density at radius 2 is 2.25 bits per heavy atom. The van der Waals surface area contributed by atoms with Gasteiger partial charge in [-0.25, -0.2) is 0 Å². The highest BCUT2D eigenvalue weighted by atomic mass is 16.5. The van der Waals surface area contributed by atoms with E-state index in [4.69, 9.17) is 10.5 Å². The molecule has 0 radical (unpaired) electrons. The molecule has 3 unspecified atom stereocenters. The maximum absolute atomic E-state index is 11.7. The minimum absolute atomic E-state index is 0.118. The van der Waals surface area contributed by atoms with Crippen LogP contribution in [0.15, 0.2) is 0 Å². The van der Waals surface area contributed by atoms with E-state index in [0.29, 0.717) is 25.1 Å². The van der Waals surface area contributed by atoms with Crippen molar-refractivity contribution in [3.63, 3.8) is 0 Å². The van der Waals surface area contributed by atoms with Gasteiger partial charge in [0.25, 0.3) is 0 Å². The van der Waals surface area contributed by atoms with Gasteiger partial charge < -0.3 is 10.5 Å². The number of esters is 1. The Hall–Kier alpha value is -0.610. The number of hydrogen-bond acceptors (Lipinski definition) is 4. The van der Waals surface area contributed by atoms with Gasteiger partial charge >= 0.3 is 5.97 Å². The van der Waals surface area contributed by atoms with Crippen LogP contribution in [-0.2, 0) is 9.53 Å². The van der Waals surface area contributed by atoms with Crippen molar-refractivity contribution in [1.82, 2.24) is 4.90 Å². The van der Waals surface area contributed by atoms with Crippen molar-refractivity contribution in [3.8, 4) is 0 Å². The highest BCUT2D eigenvalue weighted by Gasteiger charge is 2.31. The lowest BCUT2D eigenvalue weighted by molar-refractivity contribution is -0.150. The average Bonchev–Trinajstić information content (AvgIpc) is 2.29. The van der Waals surface area contributed by atoms with Crippen LogP contribution in [0.25, 0.3) is 0 Å². The third-order valence-electron chi connectivity index (χ3n) is 3.49. The molecular weight excluding hydrogens is 204 g/mol. The molecule has 1 rings (SSSR count). The fraction of sp³-hybridized carbons (Fsp3) is 0.917. The Kier molecular flexibility index (Phi) is 5.22. The predicted molar refractivity (Wildman–Crippen MR) is 64.0 cm³/mol. The molecule has 16 heavy (non-hydrogen) atoms. The largest absolute Gasteiger partial charge is 0.465 e. The molecule has 1 heterocycles. The Morgan fingerprint density at radius 3 is 2.81 bits per heavy atom. The van der Waals surface area contributed by atoms with E-state index in [1.54, 1.807) is 0 Å². The molecule has 0 spiro atoms. The quantitative estimate of drug-likeness (QED) is 0.729. The van der Waals surface area contributed by atoms with E-state index in [2.05, 4.69) is 11.8 Å². The van der Waals surface area contributed by atoms with Crippen molar-refractivity contribution < 1.29 is 9.53 Å². The fourth-order valence-corrected chi connectivity index (χ4v) is 2.34. The number of nitrogens with two attached hydrogens (primary N) is 1. The summed E-state index contributed by atoms with van der Waals surface area (Å²) in [6.07, 6.45) is 2.29. The first-order chi connectivity index (χ1) is 7.60. The zero-order valence-electron chi connectivity index (χ0n) is 10.6. The zero-order valence-corrected chi connectivity index (χ0v) is 10.6. The summed E-state index contributed by atoms with van der Waals surface area (Å²) in [6.45, 7) is 8.00. The molecule has 0 aliphatic carbocycles. The fourth-order valence-electron chi connectivity index (χ4n) is 2.34. The summed E-state index contributed by atoms with van der Waals surface area (Å²) >= 11 is 0. The third-order valence-corrected chi connectivity index (χ3v) is 3.49. The molecule has 1 fully saturated rings. The van der Waals surface area contributed by atoms with E-state index in [0.717, 1.165) is 13.0 Å². The summed E-state index contributed by atoms with van der Waals surface area (Å²) in [5.41, 5.74) is 5.70. The van der Waals surface area contributed by atoms with Crippen LogP contribution < -0.4 is 5.73 Å². The zero-order chi connectivity index (χ0) is 12.1. The third kappa shape index (κ3) is 3.19. The lowest BCUT2D eigenvalue weighted by Crippen LogP contribution is -2.51. The molecule has 1 aliphatic rings. The number of hydrogen-bond donors (Lipinski definition) is 1. The van der Waals surface area contributed by atoms with Crippen LogP contribution in [0.5, 0.6) is 0 Å². The molecule has 0 saturated carbocycles. The Morgan fingerprint density at radius 1 is 1.56 bits per heavy atom. The molecule has 1 aliphatic heterocycles. The van der Waals surface area contributed by atoms with E-state index in [1.807, 2.05) is 13.8 Å². The van der Waals surface area contributed by atoms with Crippen molar-refractivity contribution in [3.05, 3.63) is 0 Å². The number of nitrogens with zero attached hydrogens (tertiary/aromatic N) is 1. The number of carbonyl (C=O) groups is 1. The van der Waals surface area contributed by atoms with Gasteiger partial charge in [-0.05, 0) is 46.1 Å². The first-order valence-electron chi connectivity index (χ1n) is 6.22. The predicted octanol–water partition coefficient (Wildman–Crippen LogP) is 0.997. The SMILES string of the molecule is CCOC(=O)C(C)N1CC(CN)CCC1C. The van der Waals surface area contributed by atoms with Gasteiger partial charge in [0.05, 0.1) is 6.61 Å². The maximum atomic E-state index is 11.7. The number of ether oxygens (including phenoxy) is 1. The van der Waals surface area contributed by atoms with E-state index in [-0.39, 0.29) is 12.0 Å². The van der Waals surface area contributed by atoms with Crippen molar-refractivity contribution in [2.24, 2.45) is 11.7 Å². The summed E-state index contributed by atoms with van der Waals surface area (Å²) < 4.78 is 5.06. The van der Waals surface area contributed by atoms with Crippen molar-refractivity contribution in [2.75, 3.05) is 19.7 Å². The van der Waals surface area contributed by atoms with Crippen LogP contribution >= 0.6 is 0 Å². The minimum atomic E-state index is -0.149. The lowest BCUT2D eigenvalue weighted by Gasteiger charge is -2.40. The second-order valence-electron chi connectivity index (χ2n) is 4.65. The Bertz CT molecular complexity index is 233. The molecule has 0 aromatic carbocycles. The summed E-state index contributed by atoms with van der Waals surface area (Å²) in [5.74, 6) is 0.403. The monoisotopic (exact) mass is 228 g/mol. The maximum Gasteiger partial charge on any atom is 0.323 e. The second kappa shape index (κ2) is 6.21. The van der Waals surface area contributed by atoms with Crippen LogP contribution in [0.3, 0.4) is 0 Å². The number of likely N-dealkylation sites (tertiary alicyclic amines) is 1. The standard InChI is InChI=1S/C12H24N2O2/c1-4-16-12(15)10(3)14-8-11(7-13)6-5-9(14)2/h9-11H,4-8,13H2,1-3H3. The molecule has 0 bridgehead atoms. The lowest BCUT2D eigenvalue weighted by atomic mass is 9.92. The number of carbonyl (C=O) groups excluding carboxylic acids is 1. The topological polar surface area (TPSA) is 55.6 Å². The van der Waals surface area contributed by atoms with Crippen LogP contribution in [0, 0.1) is 5.92 Å². The number of piperidine rings is 1. The smallest absolute Gasteiger partial charge is 0.323 e. The van der Waals surface area contributed by atoms with Crippen molar-refractivity contribution >= 4 is 5.97 Å². The summed E-state index contributed by atoms with van der Waals surface area (Å²) in [4.78, 5) is 13.9. The molecule has 3 atom stereocenters. The van der Waals surface area contributed by atoms with Gasteiger partial charge in [0.1, 0.15) is 6.04 Å². The molecule has 4 nitrogen and oxygen atoms in total. The van der Waals surface area contributed by atoms with Gasteiger partial charge in [-0.1, -0.05) is 0 Å². The van der Waals surface area contributed by atoms with E-state index in [1.165, 1.54) is 6.42 Å². The first kappa shape index (κ1) is 13.5. The summed E-state index contributed by atoms with van der Waals surface area (Å²) in [5, 5.41) is 0. The van der Waals surface area contributed by atoms with Gasteiger partial charge in [0.2, 0.25) is 0 Å². The Labute approximate surface area is 98.1 Å². The van der Waals surface area contributed by atoms with Crippen LogP contribution in [0.1, 0.15) is 33.6 Å². The summed E-state index contributed by atoms with van der Waals surface area (Å²) in [6, 6.07) is 0.298. The molecule has 0 aromatic heterocycles. The van der Waals surface area contributed by atoms with E-state index < -0.39 is 0 Å². The van der Waals surface area contributed by atoms with Gasteiger partial charge in [0, 0.05) is 12.6 Å². The molecule has 1 saturated heterocycles. The first-order valence-corrected chi connectivity index (χ1v) is 6.22. The van der Waals surface area contributed by atoms with Crippen LogP contribution in [0.2, 0.25) is 0 Å². The minimum Gasteiger partial charge on any atom is -0.465 e. The molecule has 0 amide bonds.